The molecular weight excluding hydrogens is 360 g/mol. The van der Waals surface area contributed by atoms with Gasteiger partial charge in [-0.2, -0.15) is 0 Å². The summed E-state index contributed by atoms with van der Waals surface area (Å²) < 4.78 is 16.0. The first-order valence-electron chi connectivity index (χ1n) is 8.85. The summed E-state index contributed by atoms with van der Waals surface area (Å²) in [5.74, 6) is 0.410. The Morgan fingerprint density at radius 3 is 2.32 bits per heavy atom. The molecule has 0 saturated carbocycles. The number of hydrogen-bond donors (Lipinski definition) is 1. The molecule has 2 aromatic carbocycles. The fourth-order valence-electron chi connectivity index (χ4n) is 2.13. The molecular formula is C21H24N2O5. The van der Waals surface area contributed by atoms with Crippen molar-refractivity contribution < 1.29 is 23.8 Å². The van der Waals surface area contributed by atoms with Crippen LogP contribution in [-0.2, 0) is 25.7 Å². The van der Waals surface area contributed by atoms with Crippen LogP contribution in [0.15, 0.2) is 59.7 Å². The standard InChI is InChI=1S/C21H24N2O5/c1-16(24)8-13-21(25)28-15-20(27-14-17-6-4-3-5-7-17)23-22-18-9-11-19(26-2)12-10-18/h3-7,9-12,22H,8,13-15H2,1-2H3. The number of esters is 1. The SMILES string of the molecule is COc1ccc(NN=C(COC(=O)CCC(C)=O)OCc2ccccc2)cc1. The normalized spacial score (nSPS) is 10.9. The van der Waals surface area contributed by atoms with Gasteiger partial charge >= 0.3 is 5.97 Å². The predicted octanol–water partition coefficient (Wildman–Crippen LogP) is 3.55. The number of benzene rings is 2. The number of nitrogens with zero attached hydrogens (tertiary/aromatic N) is 1. The molecule has 2 rings (SSSR count). The highest BCUT2D eigenvalue weighted by Crippen LogP contribution is 2.15. The van der Waals surface area contributed by atoms with Crippen LogP contribution in [0.4, 0.5) is 5.69 Å². The summed E-state index contributed by atoms with van der Waals surface area (Å²) in [6.45, 7) is 1.59. The minimum Gasteiger partial charge on any atom is -0.497 e. The second-order valence-electron chi connectivity index (χ2n) is 5.98. The Morgan fingerprint density at radius 2 is 1.68 bits per heavy atom. The van der Waals surface area contributed by atoms with E-state index in [0.29, 0.717) is 0 Å². The fraction of sp³-hybridized carbons (Fsp3) is 0.286. The van der Waals surface area contributed by atoms with Gasteiger partial charge in [0.25, 0.3) is 0 Å². The van der Waals surface area contributed by atoms with Crippen LogP contribution in [0, 0.1) is 0 Å². The van der Waals surface area contributed by atoms with E-state index in [0.717, 1.165) is 17.0 Å². The Labute approximate surface area is 164 Å². The topological polar surface area (TPSA) is 86.2 Å². The lowest BCUT2D eigenvalue weighted by Crippen LogP contribution is -2.18. The molecule has 0 radical (unpaired) electrons. The van der Waals surface area contributed by atoms with Gasteiger partial charge in [0, 0.05) is 6.42 Å². The van der Waals surface area contributed by atoms with Gasteiger partial charge in [-0.1, -0.05) is 30.3 Å². The summed E-state index contributed by atoms with van der Waals surface area (Å²) in [5, 5.41) is 4.19. The number of methoxy groups -OCH3 is 1. The summed E-state index contributed by atoms with van der Waals surface area (Å²) in [6.07, 6.45) is 0.188. The molecule has 1 N–H and O–H groups in total. The lowest BCUT2D eigenvalue weighted by molar-refractivity contribution is -0.143. The molecule has 0 unspecified atom stereocenters. The fourth-order valence-corrected chi connectivity index (χ4v) is 2.13. The number of carbonyl (C=O) groups excluding carboxylic acids is 2. The zero-order chi connectivity index (χ0) is 20.2. The van der Waals surface area contributed by atoms with Crippen molar-refractivity contribution in [1.82, 2.24) is 0 Å². The van der Waals surface area contributed by atoms with Crippen LogP contribution in [0.3, 0.4) is 0 Å². The van der Waals surface area contributed by atoms with Crippen molar-refractivity contribution in [3.05, 3.63) is 60.2 Å². The van der Waals surface area contributed by atoms with E-state index in [-0.39, 0.29) is 37.7 Å². The molecule has 0 aliphatic carbocycles. The van der Waals surface area contributed by atoms with Gasteiger partial charge in [0.05, 0.1) is 19.2 Å². The van der Waals surface area contributed by atoms with Crippen molar-refractivity contribution >= 4 is 23.3 Å². The summed E-state index contributed by atoms with van der Waals surface area (Å²) in [5.41, 5.74) is 4.56. The third-order valence-corrected chi connectivity index (χ3v) is 3.69. The number of hydrazone groups is 1. The van der Waals surface area contributed by atoms with Crippen molar-refractivity contribution in [2.75, 3.05) is 19.1 Å². The Bertz CT molecular complexity index is 788. The van der Waals surface area contributed by atoms with Gasteiger partial charge in [0.15, 0.2) is 6.61 Å². The van der Waals surface area contributed by atoms with Crippen molar-refractivity contribution in [1.29, 1.82) is 0 Å². The minimum atomic E-state index is -0.476. The van der Waals surface area contributed by atoms with Crippen LogP contribution < -0.4 is 10.2 Å². The largest absolute Gasteiger partial charge is 0.497 e. The zero-order valence-electron chi connectivity index (χ0n) is 16.0. The number of Topliss-reactive ketones (excluding diaryl/α,β-unsaturated/α-hetero) is 1. The van der Waals surface area contributed by atoms with Crippen molar-refractivity contribution in [2.24, 2.45) is 5.10 Å². The van der Waals surface area contributed by atoms with E-state index in [9.17, 15) is 9.59 Å². The quantitative estimate of drug-likeness (QED) is 0.292. The monoisotopic (exact) mass is 384 g/mol. The Balaban J connectivity index is 1.97. The number of rotatable bonds is 10. The Morgan fingerprint density at radius 1 is 0.964 bits per heavy atom. The molecule has 0 spiro atoms. The average Bonchev–Trinajstić information content (AvgIpc) is 2.72. The minimum absolute atomic E-state index is 0.0349. The summed E-state index contributed by atoms with van der Waals surface area (Å²) in [6, 6.07) is 16.8. The number of hydrogen-bond acceptors (Lipinski definition) is 7. The summed E-state index contributed by atoms with van der Waals surface area (Å²) in [4.78, 5) is 22.7. The van der Waals surface area contributed by atoms with Gasteiger partial charge < -0.3 is 19.0 Å². The maximum Gasteiger partial charge on any atom is 0.306 e. The molecule has 7 nitrogen and oxygen atoms in total. The van der Waals surface area contributed by atoms with Gasteiger partial charge in [-0.25, -0.2) is 0 Å². The molecule has 0 amide bonds. The molecule has 0 fully saturated rings. The van der Waals surface area contributed by atoms with E-state index in [2.05, 4.69) is 10.5 Å². The highest BCUT2D eigenvalue weighted by atomic mass is 16.6. The number of ketones is 1. The van der Waals surface area contributed by atoms with Crippen LogP contribution in [0.25, 0.3) is 0 Å². The molecule has 0 atom stereocenters. The van der Waals surface area contributed by atoms with Gasteiger partial charge in [0.1, 0.15) is 18.1 Å². The maximum atomic E-state index is 11.8. The molecule has 7 heteroatoms. The molecule has 0 aliphatic heterocycles. The van der Waals surface area contributed by atoms with Crippen LogP contribution in [0.1, 0.15) is 25.3 Å². The molecule has 2 aromatic rings. The van der Waals surface area contributed by atoms with Crippen LogP contribution in [0.5, 0.6) is 5.75 Å². The first kappa shape index (κ1) is 21.0. The van der Waals surface area contributed by atoms with Gasteiger partial charge in [-0.3, -0.25) is 10.2 Å². The number of carbonyl (C=O) groups is 2. The summed E-state index contributed by atoms with van der Waals surface area (Å²) in [7, 11) is 1.59. The zero-order valence-corrected chi connectivity index (χ0v) is 16.0. The van der Waals surface area contributed by atoms with E-state index >= 15 is 0 Å². The van der Waals surface area contributed by atoms with Crippen molar-refractivity contribution in [3.63, 3.8) is 0 Å². The first-order chi connectivity index (χ1) is 13.6. The Hall–Kier alpha value is -3.35. The number of nitrogens with one attached hydrogen (secondary N) is 1. The first-order valence-corrected chi connectivity index (χ1v) is 8.85. The molecule has 28 heavy (non-hydrogen) atoms. The van der Waals surface area contributed by atoms with Crippen LogP contribution >= 0.6 is 0 Å². The average molecular weight is 384 g/mol. The van der Waals surface area contributed by atoms with E-state index in [1.54, 1.807) is 31.4 Å². The van der Waals surface area contributed by atoms with Gasteiger partial charge in [0.2, 0.25) is 5.90 Å². The van der Waals surface area contributed by atoms with E-state index in [1.807, 2.05) is 30.3 Å². The maximum absolute atomic E-state index is 11.8. The number of ether oxygens (including phenoxy) is 3. The lowest BCUT2D eigenvalue weighted by Gasteiger charge is -2.11. The second kappa shape index (κ2) is 11.4. The van der Waals surface area contributed by atoms with Gasteiger partial charge in [-0.05, 0) is 36.8 Å². The smallest absolute Gasteiger partial charge is 0.306 e. The molecule has 0 bridgehead atoms. The van der Waals surface area contributed by atoms with E-state index in [1.165, 1.54) is 6.92 Å². The third-order valence-electron chi connectivity index (χ3n) is 3.69. The lowest BCUT2D eigenvalue weighted by atomic mass is 10.2. The molecule has 0 aliphatic rings. The van der Waals surface area contributed by atoms with E-state index in [4.69, 9.17) is 14.2 Å². The highest BCUT2D eigenvalue weighted by Gasteiger charge is 2.09. The molecule has 148 valence electrons. The highest BCUT2D eigenvalue weighted by molar-refractivity contribution is 5.83. The van der Waals surface area contributed by atoms with Crippen LogP contribution in [0.2, 0.25) is 0 Å². The summed E-state index contributed by atoms with van der Waals surface area (Å²) >= 11 is 0. The third kappa shape index (κ3) is 7.90. The van der Waals surface area contributed by atoms with Crippen molar-refractivity contribution in [3.8, 4) is 5.75 Å². The molecule has 0 heterocycles. The van der Waals surface area contributed by atoms with Crippen molar-refractivity contribution in [2.45, 2.75) is 26.4 Å². The Kier molecular flexibility index (Phi) is 8.52. The number of anilines is 1. The van der Waals surface area contributed by atoms with E-state index < -0.39 is 5.97 Å². The second-order valence-corrected chi connectivity index (χ2v) is 5.98. The van der Waals surface area contributed by atoms with Crippen LogP contribution in [-0.4, -0.2) is 31.4 Å². The predicted molar refractivity (Wildman–Crippen MR) is 106 cm³/mol. The molecule has 0 saturated heterocycles. The van der Waals surface area contributed by atoms with Gasteiger partial charge in [-0.15, -0.1) is 5.10 Å². The molecule has 0 aromatic heterocycles.